The number of aliphatic hydroxyl groups is 1. The molecule has 0 bridgehead atoms. The van der Waals surface area contributed by atoms with Crippen LogP contribution in [0.15, 0.2) is 30.3 Å². The minimum Gasteiger partial charge on any atom is -0.390 e. The van der Waals surface area contributed by atoms with Crippen molar-refractivity contribution in [1.29, 1.82) is 0 Å². The number of hydrogen-bond donors (Lipinski definition) is 1. The summed E-state index contributed by atoms with van der Waals surface area (Å²) in [7, 11) is 0. The highest BCUT2D eigenvalue weighted by atomic mass is 16.3. The number of benzene rings is 1. The van der Waals surface area contributed by atoms with Crippen LogP contribution in [0.25, 0.3) is 0 Å². The lowest BCUT2D eigenvalue weighted by Gasteiger charge is -2.42. The first-order valence-corrected chi connectivity index (χ1v) is 4.94. The molecule has 0 spiro atoms. The molecule has 1 aromatic carbocycles. The Kier molecular flexibility index (Phi) is 2.12. The third-order valence-electron chi connectivity index (χ3n) is 2.83. The van der Waals surface area contributed by atoms with E-state index in [2.05, 4.69) is 19.1 Å². The molecule has 0 aromatic heterocycles. The van der Waals surface area contributed by atoms with Gasteiger partial charge in [0.05, 0.1) is 5.60 Å². The molecule has 1 aliphatic carbocycles. The van der Waals surface area contributed by atoms with Crippen molar-refractivity contribution in [2.45, 2.75) is 31.8 Å². The Balaban J connectivity index is 1.99. The van der Waals surface area contributed by atoms with Crippen molar-refractivity contribution in [1.82, 2.24) is 0 Å². The Morgan fingerprint density at radius 2 is 1.92 bits per heavy atom. The van der Waals surface area contributed by atoms with Crippen LogP contribution in [0.4, 0.5) is 0 Å². The summed E-state index contributed by atoms with van der Waals surface area (Å²) in [4.78, 5) is 0. The Bertz CT molecular complexity index is 272. The van der Waals surface area contributed by atoms with Crippen LogP contribution in [-0.4, -0.2) is 10.7 Å². The molecule has 0 atom stereocenters. The van der Waals surface area contributed by atoms with Crippen molar-refractivity contribution in [2.75, 3.05) is 0 Å². The highest BCUT2D eigenvalue weighted by molar-refractivity contribution is 5.18. The zero-order valence-corrected chi connectivity index (χ0v) is 8.03. The molecule has 1 nitrogen and oxygen atoms in total. The van der Waals surface area contributed by atoms with E-state index in [0.717, 1.165) is 19.3 Å². The third-order valence-corrected chi connectivity index (χ3v) is 2.83. The summed E-state index contributed by atoms with van der Waals surface area (Å²) >= 11 is 0. The molecular formula is C12H16O. The molecule has 13 heavy (non-hydrogen) atoms. The predicted octanol–water partition coefficient (Wildman–Crippen LogP) is 2.39. The van der Waals surface area contributed by atoms with E-state index in [-0.39, 0.29) is 0 Å². The molecule has 1 N–H and O–H groups in total. The molecule has 1 heteroatoms. The first-order chi connectivity index (χ1) is 6.18. The van der Waals surface area contributed by atoms with Crippen molar-refractivity contribution < 1.29 is 5.11 Å². The molecule has 0 radical (unpaired) electrons. The molecule has 0 aliphatic heterocycles. The van der Waals surface area contributed by atoms with Crippen molar-refractivity contribution >= 4 is 0 Å². The topological polar surface area (TPSA) is 20.2 Å². The lowest BCUT2D eigenvalue weighted by Crippen LogP contribution is -2.44. The predicted molar refractivity (Wildman–Crippen MR) is 53.5 cm³/mol. The fourth-order valence-electron chi connectivity index (χ4n) is 2.36. The largest absolute Gasteiger partial charge is 0.390 e. The summed E-state index contributed by atoms with van der Waals surface area (Å²) < 4.78 is 0. The van der Waals surface area contributed by atoms with Crippen LogP contribution in [0.2, 0.25) is 0 Å². The highest BCUT2D eigenvalue weighted by Gasteiger charge is 2.39. The second-order valence-corrected chi connectivity index (χ2v) is 4.40. The van der Waals surface area contributed by atoms with Crippen molar-refractivity contribution in [2.24, 2.45) is 5.92 Å². The maximum Gasteiger partial charge on any atom is 0.0693 e. The van der Waals surface area contributed by atoms with Crippen LogP contribution in [0, 0.1) is 5.92 Å². The molecule has 0 unspecified atom stereocenters. The molecule has 2 rings (SSSR count). The summed E-state index contributed by atoms with van der Waals surface area (Å²) in [6, 6.07) is 10.2. The van der Waals surface area contributed by atoms with E-state index in [1.54, 1.807) is 0 Å². The fraction of sp³-hybridized carbons (Fsp3) is 0.500. The maximum absolute atomic E-state index is 10.0. The van der Waals surface area contributed by atoms with E-state index >= 15 is 0 Å². The molecule has 1 fully saturated rings. The van der Waals surface area contributed by atoms with Gasteiger partial charge in [0.25, 0.3) is 0 Å². The van der Waals surface area contributed by atoms with Gasteiger partial charge in [0, 0.05) is 6.42 Å². The quantitative estimate of drug-likeness (QED) is 0.733. The van der Waals surface area contributed by atoms with Gasteiger partial charge in [0.15, 0.2) is 0 Å². The standard InChI is InChI=1S/C12H16O/c1-10-7-12(13,8-10)9-11-5-3-2-4-6-11/h2-6,10,13H,7-9H2,1H3. The van der Waals surface area contributed by atoms with Crippen LogP contribution >= 0.6 is 0 Å². The normalized spacial score (nSPS) is 32.6. The summed E-state index contributed by atoms with van der Waals surface area (Å²) in [5.74, 6) is 0.703. The van der Waals surface area contributed by atoms with E-state index in [0.29, 0.717) is 5.92 Å². The first-order valence-electron chi connectivity index (χ1n) is 4.94. The van der Waals surface area contributed by atoms with Gasteiger partial charge in [-0.2, -0.15) is 0 Å². The lowest BCUT2D eigenvalue weighted by atomic mass is 9.69. The van der Waals surface area contributed by atoms with E-state index in [1.165, 1.54) is 5.56 Å². The lowest BCUT2D eigenvalue weighted by molar-refractivity contribution is -0.0665. The number of rotatable bonds is 2. The minimum absolute atomic E-state index is 0.402. The van der Waals surface area contributed by atoms with Gasteiger partial charge in [-0.05, 0) is 24.3 Å². The van der Waals surface area contributed by atoms with Gasteiger partial charge in [0.1, 0.15) is 0 Å². The summed E-state index contributed by atoms with van der Waals surface area (Å²) in [6.45, 7) is 2.19. The van der Waals surface area contributed by atoms with Gasteiger partial charge < -0.3 is 5.11 Å². The van der Waals surface area contributed by atoms with Gasteiger partial charge in [-0.15, -0.1) is 0 Å². The molecule has 1 saturated carbocycles. The SMILES string of the molecule is CC1CC(O)(Cc2ccccc2)C1. The zero-order valence-electron chi connectivity index (χ0n) is 8.03. The minimum atomic E-state index is -0.402. The van der Waals surface area contributed by atoms with Gasteiger partial charge >= 0.3 is 0 Å². The van der Waals surface area contributed by atoms with Crippen molar-refractivity contribution in [3.8, 4) is 0 Å². The van der Waals surface area contributed by atoms with Crippen LogP contribution in [0.3, 0.4) is 0 Å². The fourth-order valence-corrected chi connectivity index (χ4v) is 2.36. The molecular weight excluding hydrogens is 160 g/mol. The molecule has 70 valence electrons. The van der Waals surface area contributed by atoms with Crippen molar-refractivity contribution in [3.63, 3.8) is 0 Å². The Hall–Kier alpha value is -0.820. The molecule has 0 heterocycles. The van der Waals surface area contributed by atoms with E-state index < -0.39 is 5.60 Å². The van der Waals surface area contributed by atoms with E-state index in [4.69, 9.17) is 0 Å². The first kappa shape index (κ1) is 8.76. The molecule has 0 saturated heterocycles. The summed E-state index contributed by atoms with van der Waals surface area (Å²) in [6.07, 6.45) is 2.74. The van der Waals surface area contributed by atoms with Crippen LogP contribution in [-0.2, 0) is 6.42 Å². The summed E-state index contributed by atoms with van der Waals surface area (Å²) in [5, 5.41) is 10.0. The molecule has 1 aromatic rings. The van der Waals surface area contributed by atoms with E-state index in [9.17, 15) is 5.11 Å². The average molecular weight is 176 g/mol. The van der Waals surface area contributed by atoms with Crippen LogP contribution in [0.1, 0.15) is 25.3 Å². The van der Waals surface area contributed by atoms with Crippen LogP contribution < -0.4 is 0 Å². The Labute approximate surface area is 79.4 Å². The van der Waals surface area contributed by atoms with Crippen molar-refractivity contribution in [3.05, 3.63) is 35.9 Å². The molecule has 1 aliphatic rings. The van der Waals surface area contributed by atoms with Gasteiger partial charge in [-0.3, -0.25) is 0 Å². The van der Waals surface area contributed by atoms with Gasteiger partial charge in [0.2, 0.25) is 0 Å². The third kappa shape index (κ3) is 1.92. The number of hydrogen-bond acceptors (Lipinski definition) is 1. The van der Waals surface area contributed by atoms with Gasteiger partial charge in [-0.1, -0.05) is 37.3 Å². The Morgan fingerprint density at radius 1 is 1.31 bits per heavy atom. The smallest absolute Gasteiger partial charge is 0.0693 e. The molecule has 0 amide bonds. The Morgan fingerprint density at radius 3 is 2.46 bits per heavy atom. The zero-order chi connectivity index (χ0) is 9.31. The second kappa shape index (κ2) is 3.15. The maximum atomic E-state index is 10.0. The summed E-state index contributed by atoms with van der Waals surface area (Å²) in [5.41, 5.74) is 0.845. The van der Waals surface area contributed by atoms with Crippen LogP contribution in [0.5, 0.6) is 0 Å². The van der Waals surface area contributed by atoms with Gasteiger partial charge in [-0.25, -0.2) is 0 Å². The van der Waals surface area contributed by atoms with E-state index in [1.807, 2.05) is 18.2 Å². The average Bonchev–Trinajstić information content (AvgIpc) is 2.03. The highest BCUT2D eigenvalue weighted by Crippen LogP contribution is 2.39. The monoisotopic (exact) mass is 176 g/mol. The second-order valence-electron chi connectivity index (χ2n) is 4.40.